The molecule has 1 aliphatic carbocycles. The molecule has 2 aliphatic rings. The molecule has 28 heavy (non-hydrogen) atoms. The highest BCUT2D eigenvalue weighted by Gasteiger charge is 2.53. The Hall–Kier alpha value is -0.890. The summed E-state index contributed by atoms with van der Waals surface area (Å²) in [5.74, 6) is -0.421. The number of aliphatic hydroxyl groups is 2. The Kier molecular flexibility index (Phi) is 8.14. The van der Waals surface area contributed by atoms with E-state index in [0.717, 1.165) is 0 Å². The van der Waals surface area contributed by atoms with E-state index in [2.05, 4.69) is 0 Å². The minimum absolute atomic E-state index is 0.215. The van der Waals surface area contributed by atoms with Crippen molar-refractivity contribution in [1.82, 2.24) is 4.90 Å². The fraction of sp³-hybridized carbons (Fsp3) is 0.941. The molecule has 2 rings (SSSR count). The number of ether oxygens (including phenoxy) is 3. The van der Waals surface area contributed by atoms with E-state index in [1.165, 1.54) is 19.1 Å². The first-order valence-electron chi connectivity index (χ1n) is 9.56. The third kappa shape index (κ3) is 4.64. The Bertz CT molecular complexity index is 526. The van der Waals surface area contributed by atoms with Crippen molar-refractivity contribution in [3.63, 3.8) is 0 Å². The molecule has 1 amide bonds. The van der Waals surface area contributed by atoms with Crippen molar-refractivity contribution in [2.24, 2.45) is 22.9 Å². The van der Waals surface area contributed by atoms with Gasteiger partial charge in [-0.3, -0.25) is 4.79 Å². The van der Waals surface area contributed by atoms with Crippen LogP contribution in [0.15, 0.2) is 0 Å². The predicted octanol–water partition coefficient (Wildman–Crippen LogP) is -3.59. The van der Waals surface area contributed by atoms with Crippen LogP contribution in [0.25, 0.3) is 0 Å². The van der Waals surface area contributed by atoms with Gasteiger partial charge in [0.05, 0.1) is 36.9 Å². The summed E-state index contributed by atoms with van der Waals surface area (Å²) < 4.78 is 17.1. The molecule has 0 aromatic rings. The molecule has 1 aliphatic heterocycles. The topological polar surface area (TPSA) is 193 Å². The number of amides is 1. The molecule has 0 unspecified atom stereocenters. The van der Waals surface area contributed by atoms with Gasteiger partial charge in [0.15, 0.2) is 6.29 Å². The van der Waals surface area contributed by atoms with Crippen molar-refractivity contribution in [1.29, 1.82) is 0 Å². The molecule has 164 valence electrons. The van der Waals surface area contributed by atoms with Gasteiger partial charge in [-0.25, -0.2) is 0 Å². The molecule has 1 saturated carbocycles. The van der Waals surface area contributed by atoms with E-state index in [1.807, 2.05) is 6.92 Å². The van der Waals surface area contributed by atoms with E-state index in [0.29, 0.717) is 12.8 Å². The van der Waals surface area contributed by atoms with E-state index in [-0.39, 0.29) is 18.7 Å². The van der Waals surface area contributed by atoms with Crippen molar-refractivity contribution in [2.45, 2.75) is 80.7 Å². The van der Waals surface area contributed by atoms with Crippen molar-refractivity contribution in [3.05, 3.63) is 0 Å². The van der Waals surface area contributed by atoms with Crippen LogP contribution in [-0.2, 0) is 19.0 Å². The number of methoxy groups -OCH3 is 1. The van der Waals surface area contributed by atoms with Crippen molar-refractivity contribution >= 4 is 5.91 Å². The monoisotopic (exact) mass is 405 g/mol. The maximum Gasteiger partial charge on any atom is 0.236 e. The minimum Gasteiger partial charge on any atom is -0.389 e. The smallest absolute Gasteiger partial charge is 0.236 e. The van der Waals surface area contributed by atoms with Crippen LogP contribution in [-0.4, -0.2) is 103 Å². The zero-order chi connectivity index (χ0) is 21.2. The highest BCUT2D eigenvalue weighted by Crippen LogP contribution is 2.31. The average Bonchev–Trinajstić information content (AvgIpc) is 2.67. The van der Waals surface area contributed by atoms with Gasteiger partial charge in [0.2, 0.25) is 5.91 Å². The Morgan fingerprint density at radius 1 is 1.25 bits per heavy atom. The highest BCUT2D eigenvalue weighted by molar-refractivity contribution is 5.78. The van der Waals surface area contributed by atoms with Crippen LogP contribution < -0.4 is 22.9 Å². The molecule has 1 heterocycles. The largest absolute Gasteiger partial charge is 0.389 e. The number of carbonyl (C=O) groups excluding carboxylic acids is 1. The number of nitrogens with zero attached hydrogens (tertiary/aromatic N) is 1. The predicted molar refractivity (Wildman–Crippen MR) is 101 cm³/mol. The second-order valence-corrected chi connectivity index (χ2v) is 7.70. The average molecular weight is 405 g/mol. The maximum absolute atomic E-state index is 12.1. The Labute approximate surface area is 165 Å². The van der Waals surface area contributed by atoms with Gasteiger partial charge in [-0.05, 0) is 19.8 Å². The fourth-order valence-corrected chi connectivity index (χ4v) is 3.95. The van der Waals surface area contributed by atoms with E-state index >= 15 is 0 Å². The molecule has 0 aromatic carbocycles. The van der Waals surface area contributed by atoms with E-state index in [4.69, 9.17) is 37.1 Å². The molecule has 10 atom stereocenters. The lowest BCUT2D eigenvalue weighted by atomic mass is 9.80. The number of hydrogen-bond acceptors (Lipinski definition) is 10. The number of carbonyl (C=O) groups is 1. The summed E-state index contributed by atoms with van der Waals surface area (Å²) in [6.07, 6.45) is -4.16. The summed E-state index contributed by atoms with van der Waals surface area (Å²) in [7, 11) is 2.85. The lowest BCUT2D eigenvalue weighted by molar-refractivity contribution is -0.267. The molecule has 0 bridgehead atoms. The second-order valence-electron chi connectivity index (χ2n) is 7.70. The van der Waals surface area contributed by atoms with Crippen LogP contribution in [0.4, 0.5) is 0 Å². The Morgan fingerprint density at radius 2 is 1.89 bits per heavy atom. The summed E-state index contributed by atoms with van der Waals surface area (Å²) >= 11 is 0. The van der Waals surface area contributed by atoms with Crippen molar-refractivity contribution < 1.29 is 29.2 Å². The quantitative estimate of drug-likeness (QED) is 0.257. The maximum atomic E-state index is 12.1. The van der Waals surface area contributed by atoms with E-state index < -0.39 is 54.7 Å². The van der Waals surface area contributed by atoms with Crippen molar-refractivity contribution in [3.8, 4) is 0 Å². The van der Waals surface area contributed by atoms with Gasteiger partial charge < -0.3 is 52.3 Å². The molecule has 10 N–H and O–H groups in total. The summed E-state index contributed by atoms with van der Waals surface area (Å²) in [6, 6.07) is -2.55. The van der Waals surface area contributed by atoms with Crippen LogP contribution in [0.2, 0.25) is 0 Å². The van der Waals surface area contributed by atoms with Gasteiger partial charge in [-0.1, -0.05) is 0 Å². The highest BCUT2D eigenvalue weighted by atomic mass is 16.7. The first kappa shape index (κ1) is 23.4. The third-order valence-corrected chi connectivity index (χ3v) is 5.74. The molecule has 2 fully saturated rings. The molecule has 0 aromatic heterocycles. The van der Waals surface area contributed by atoms with Crippen LogP contribution >= 0.6 is 0 Å². The number of nitrogens with two attached hydrogens (primary N) is 4. The van der Waals surface area contributed by atoms with Crippen LogP contribution in [0.5, 0.6) is 0 Å². The SMILES string of the molecule is CO[C@H]1[C@@H](O)[C@H](N)[C@@H](O[C@H]2O[C@@H]([C@H](C)N)CC[C@H]2N)[C@H](O)[C@@H]1N(C)C(=O)CN. The Balaban J connectivity index is 2.23. The van der Waals surface area contributed by atoms with Crippen LogP contribution in [0.3, 0.4) is 0 Å². The summed E-state index contributed by atoms with van der Waals surface area (Å²) in [5, 5.41) is 21.6. The molecule has 11 nitrogen and oxygen atoms in total. The van der Waals surface area contributed by atoms with Gasteiger partial charge in [0.25, 0.3) is 0 Å². The van der Waals surface area contributed by atoms with Crippen LogP contribution in [0, 0.1) is 0 Å². The number of likely N-dealkylation sites (N-methyl/N-ethyl adjacent to an activating group) is 1. The summed E-state index contributed by atoms with van der Waals surface area (Å²) in [4.78, 5) is 13.3. The van der Waals surface area contributed by atoms with Gasteiger partial charge in [0, 0.05) is 20.2 Å². The van der Waals surface area contributed by atoms with Gasteiger partial charge >= 0.3 is 0 Å². The minimum atomic E-state index is -1.25. The fourth-order valence-electron chi connectivity index (χ4n) is 3.95. The molecular formula is C17H35N5O6. The summed E-state index contributed by atoms with van der Waals surface area (Å²) in [6.45, 7) is 1.58. The van der Waals surface area contributed by atoms with Gasteiger partial charge in [-0.2, -0.15) is 0 Å². The normalized spacial score (nSPS) is 42.8. The lowest BCUT2D eigenvalue weighted by Gasteiger charge is -2.50. The number of hydrogen-bond donors (Lipinski definition) is 6. The van der Waals surface area contributed by atoms with Crippen LogP contribution in [0.1, 0.15) is 19.8 Å². The molecule has 0 radical (unpaired) electrons. The molecule has 11 heteroatoms. The van der Waals surface area contributed by atoms with Gasteiger partial charge in [-0.15, -0.1) is 0 Å². The Morgan fingerprint density at radius 3 is 2.43 bits per heavy atom. The number of aliphatic hydroxyl groups excluding tert-OH is 2. The molecule has 1 saturated heterocycles. The third-order valence-electron chi connectivity index (χ3n) is 5.74. The lowest BCUT2D eigenvalue weighted by Crippen LogP contribution is -2.72. The van der Waals surface area contributed by atoms with E-state index in [1.54, 1.807) is 0 Å². The molecule has 0 spiro atoms. The number of rotatable bonds is 6. The van der Waals surface area contributed by atoms with E-state index in [9.17, 15) is 15.0 Å². The van der Waals surface area contributed by atoms with Crippen molar-refractivity contribution in [2.75, 3.05) is 20.7 Å². The zero-order valence-electron chi connectivity index (χ0n) is 16.7. The van der Waals surface area contributed by atoms with Gasteiger partial charge in [0.1, 0.15) is 18.3 Å². The standard InChI is InChI=1S/C17H35N5O6/c1-7(19)9-5-4-8(20)17(27-9)28-15-11(21)13(24)16(26-3)12(14(15)25)22(2)10(23)6-18/h7-9,11-17,24-25H,4-6,18-21H2,1-3H3/t7-,8+,9+,11-,12-,13-,14+,15+,16+,17+/m0/s1. The molecular weight excluding hydrogens is 370 g/mol. The second kappa shape index (κ2) is 9.74. The summed E-state index contributed by atoms with van der Waals surface area (Å²) in [5.41, 5.74) is 23.6. The first-order valence-corrected chi connectivity index (χ1v) is 9.56. The zero-order valence-corrected chi connectivity index (χ0v) is 16.7. The first-order chi connectivity index (χ1) is 13.1.